The maximum Gasteiger partial charge on any atom is 0.411 e. The maximum absolute atomic E-state index is 11.2. The average Bonchev–Trinajstić information content (AvgIpc) is 2.63. The van der Waals surface area contributed by atoms with Crippen molar-refractivity contribution in [1.82, 2.24) is 10.6 Å². The first-order chi connectivity index (χ1) is 12.2. The van der Waals surface area contributed by atoms with E-state index in [-0.39, 0.29) is 0 Å². The summed E-state index contributed by atoms with van der Waals surface area (Å²) >= 11 is 0. The number of amides is 1. The van der Waals surface area contributed by atoms with Crippen LogP contribution < -0.4 is 16.0 Å². The summed E-state index contributed by atoms with van der Waals surface area (Å²) in [6.07, 6.45) is 1.60. The number of anilines is 1. The van der Waals surface area contributed by atoms with Gasteiger partial charge in [0.25, 0.3) is 0 Å². The van der Waals surface area contributed by atoms with Gasteiger partial charge in [-0.2, -0.15) is 0 Å². The van der Waals surface area contributed by atoms with Crippen molar-refractivity contribution in [1.29, 1.82) is 0 Å². The first-order valence-electron chi connectivity index (χ1n) is 8.73. The van der Waals surface area contributed by atoms with E-state index in [0.29, 0.717) is 12.2 Å². The van der Waals surface area contributed by atoms with Crippen LogP contribution in [0.5, 0.6) is 0 Å². The molecule has 0 radical (unpaired) electrons. The van der Waals surface area contributed by atoms with Crippen molar-refractivity contribution < 1.29 is 14.3 Å². The fourth-order valence-electron chi connectivity index (χ4n) is 2.05. The number of methoxy groups -OCH3 is 1. The third-order valence-electron chi connectivity index (χ3n) is 3.36. The van der Waals surface area contributed by atoms with Crippen LogP contribution in [0, 0.1) is 0 Å². The highest BCUT2D eigenvalue weighted by Crippen LogP contribution is 2.10. The molecule has 0 aliphatic rings. The maximum atomic E-state index is 11.2. The van der Waals surface area contributed by atoms with E-state index < -0.39 is 6.09 Å². The Morgan fingerprint density at radius 3 is 2.52 bits per heavy atom. The summed E-state index contributed by atoms with van der Waals surface area (Å²) in [6, 6.07) is 7.52. The van der Waals surface area contributed by atoms with Crippen LogP contribution in [0.1, 0.15) is 32.3 Å². The van der Waals surface area contributed by atoms with Crippen LogP contribution in [0.2, 0.25) is 0 Å². The van der Waals surface area contributed by atoms with E-state index in [2.05, 4.69) is 25.7 Å². The van der Waals surface area contributed by atoms with Crippen LogP contribution in [0.3, 0.4) is 0 Å². The Kier molecular flexibility index (Phi) is 10.8. The van der Waals surface area contributed by atoms with Crippen molar-refractivity contribution in [2.24, 2.45) is 4.99 Å². The predicted molar refractivity (Wildman–Crippen MR) is 101 cm³/mol. The molecule has 0 aliphatic carbocycles. The second-order valence-corrected chi connectivity index (χ2v) is 5.34. The lowest BCUT2D eigenvalue weighted by molar-refractivity contribution is 0.143. The Labute approximate surface area is 150 Å². The second-order valence-electron chi connectivity index (χ2n) is 5.34. The first-order valence-corrected chi connectivity index (χ1v) is 8.73. The zero-order valence-electron chi connectivity index (χ0n) is 15.4. The molecule has 1 amide bonds. The Bertz CT molecular complexity index is 518. The third kappa shape index (κ3) is 9.56. The summed E-state index contributed by atoms with van der Waals surface area (Å²) in [6.45, 7) is 7.86. The number of nitrogens with one attached hydrogen (secondary N) is 3. The van der Waals surface area contributed by atoms with E-state index in [4.69, 9.17) is 4.74 Å². The number of unbranched alkanes of at least 4 members (excludes halogenated alkanes) is 1. The van der Waals surface area contributed by atoms with Crippen LogP contribution in [-0.2, 0) is 16.0 Å². The molecule has 0 aliphatic heterocycles. The van der Waals surface area contributed by atoms with Gasteiger partial charge in [0.05, 0.1) is 13.7 Å². The zero-order valence-corrected chi connectivity index (χ0v) is 15.4. The summed E-state index contributed by atoms with van der Waals surface area (Å²) < 4.78 is 9.89. The summed E-state index contributed by atoms with van der Waals surface area (Å²) in [5.74, 6) is 0.802. The number of hydrogen-bond acceptors (Lipinski definition) is 4. The molecule has 0 unspecified atom stereocenters. The highest BCUT2D eigenvalue weighted by Gasteiger charge is 2.01. The summed E-state index contributed by atoms with van der Waals surface area (Å²) in [5.41, 5.74) is 1.75. The first kappa shape index (κ1) is 20.8. The molecule has 0 heterocycles. The number of aliphatic imine (C=N–C) groups is 1. The molecule has 0 aromatic heterocycles. The molecule has 0 saturated heterocycles. The molecule has 1 rings (SSSR count). The van der Waals surface area contributed by atoms with Gasteiger partial charge in [-0.1, -0.05) is 12.1 Å². The minimum atomic E-state index is -0.478. The van der Waals surface area contributed by atoms with Crippen LogP contribution in [-0.4, -0.2) is 45.5 Å². The van der Waals surface area contributed by atoms with Gasteiger partial charge < -0.3 is 20.1 Å². The van der Waals surface area contributed by atoms with E-state index in [0.717, 1.165) is 50.7 Å². The lowest BCUT2D eigenvalue weighted by Crippen LogP contribution is -2.37. The smallest absolute Gasteiger partial charge is 0.411 e. The van der Waals surface area contributed by atoms with E-state index in [1.807, 2.05) is 38.1 Å². The lowest BCUT2D eigenvalue weighted by Gasteiger charge is -2.11. The van der Waals surface area contributed by atoms with Gasteiger partial charge in [0.1, 0.15) is 0 Å². The zero-order chi connectivity index (χ0) is 18.3. The molecular formula is C18H30N4O3. The SMILES string of the molecule is CCNC(=NCc1ccc(NC(=O)OC)cc1)NCCCCOCC. The Balaban J connectivity index is 2.43. The molecule has 25 heavy (non-hydrogen) atoms. The average molecular weight is 350 g/mol. The van der Waals surface area contributed by atoms with Crippen molar-refractivity contribution in [3.8, 4) is 0 Å². The van der Waals surface area contributed by atoms with Crippen molar-refractivity contribution in [3.05, 3.63) is 29.8 Å². The van der Waals surface area contributed by atoms with E-state index in [9.17, 15) is 4.79 Å². The molecule has 3 N–H and O–H groups in total. The standard InChI is InChI=1S/C18H30N4O3/c1-4-19-17(20-12-6-7-13-25-5-2)21-14-15-8-10-16(11-9-15)22-18(23)24-3/h8-11H,4-7,12-14H2,1-3H3,(H,22,23)(H2,19,20,21). The van der Waals surface area contributed by atoms with Gasteiger partial charge in [0.15, 0.2) is 5.96 Å². The fourth-order valence-corrected chi connectivity index (χ4v) is 2.05. The van der Waals surface area contributed by atoms with Crippen LogP contribution in [0.15, 0.2) is 29.3 Å². The molecule has 0 saturated carbocycles. The predicted octanol–water partition coefficient (Wildman–Crippen LogP) is 2.74. The molecule has 0 bridgehead atoms. The number of rotatable bonds is 10. The number of benzene rings is 1. The lowest BCUT2D eigenvalue weighted by atomic mass is 10.2. The number of hydrogen-bond donors (Lipinski definition) is 3. The van der Waals surface area contributed by atoms with Crippen molar-refractivity contribution in [3.63, 3.8) is 0 Å². The van der Waals surface area contributed by atoms with E-state index >= 15 is 0 Å². The Morgan fingerprint density at radius 1 is 1.12 bits per heavy atom. The summed E-state index contributed by atoms with van der Waals surface area (Å²) in [5, 5.41) is 9.18. The molecule has 1 aromatic rings. The topological polar surface area (TPSA) is 84.0 Å². The third-order valence-corrected chi connectivity index (χ3v) is 3.36. The van der Waals surface area contributed by atoms with Crippen molar-refractivity contribution >= 4 is 17.7 Å². The molecule has 0 spiro atoms. The molecular weight excluding hydrogens is 320 g/mol. The van der Waals surface area contributed by atoms with Gasteiger partial charge >= 0.3 is 6.09 Å². The molecule has 0 atom stereocenters. The van der Waals surface area contributed by atoms with Gasteiger partial charge in [0.2, 0.25) is 0 Å². The molecule has 140 valence electrons. The van der Waals surface area contributed by atoms with Gasteiger partial charge in [-0.3, -0.25) is 5.32 Å². The van der Waals surface area contributed by atoms with Gasteiger partial charge in [0, 0.05) is 32.0 Å². The van der Waals surface area contributed by atoms with Crippen LogP contribution in [0.4, 0.5) is 10.5 Å². The number of nitrogens with zero attached hydrogens (tertiary/aromatic N) is 1. The minimum absolute atomic E-state index is 0.478. The van der Waals surface area contributed by atoms with E-state index in [1.54, 1.807) is 0 Å². The van der Waals surface area contributed by atoms with Crippen LogP contribution >= 0.6 is 0 Å². The van der Waals surface area contributed by atoms with Crippen molar-refractivity contribution in [2.45, 2.75) is 33.2 Å². The molecule has 7 nitrogen and oxygen atoms in total. The highest BCUT2D eigenvalue weighted by molar-refractivity contribution is 5.84. The number of ether oxygens (including phenoxy) is 2. The number of guanidine groups is 1. The molecule has 7 heteroatoms. The monoisotopic (exact) mass is 350 g/mol. The summed E-state index contributed by atoms with van der Waals surface area (Å²) in [4.78, 5) is 15.7. The van der Waals surface area contributed by atoms with Crippen LogP contribution in [0.25, 0.3) is 0 Å². The Morgan fingerprint density at radius 2 is 1.88 bits per heavy atom. The van der Waals surface area contributed by atoms with Gasteiger partial charge in [-0.15, -0.1) is 0 Å². The number of carbonyl (C=O) groups is 1. The van der Waals surface area contributed by atoms with Crippen molar-refractivity contribution in [2.75, 3.05) is 38.7 Å². The minimum Gasteiger partial charge on any atom is -0.453 e. The largest absolute Gasteiger partial charge is 0.453 e. The fraction of sp³-hybridized carbons (Fsp3) is 0.556. The summed E-state index contributed by atoms with van der Waals surface area (Å²) in [7, 11) is 1.34. The van der Waals surface area contributed by atoms with E-state index in [1.165, 1.54) is 7.11 Å². The van der Waals surface area contributed by atoms with Gasteiger partial charge in [-0.05, 0) is 44.4 Å². The molecule has 1 aromatic carbocycles. The van der Waals surface area contributed by atoms with Gasteiger partial charge in [-0.25, -0.2) is 9.79 Å². The number of carbonyl (C=O) groups excluding carboxylic acids is 1. The normalized spacial score (nSPS) is 11.1. The highest BCUT2D eigenvalue weighted by atomic mass is 16.5. The Hall–Kier alpha value is -2.28. The quantitative estimate of drug-likeness (QED) is 0.343. The molecule has 0 fully saturated rings. The second kappa shape index (κ2) is 13.1.